The second kappa shape index (κ2) is 8.07. The van der Waals surface area contributed by atoms with Crippen LogP contribution in [0.1, 0.15) is 18.4 Å². The summed E-state index contributed by atoms with van der Waals surface area (Å²) < 4.78 is 16.1. The van der Waals surface area contributed by atoms with Gasteiger partial charge in [0.2, 0.25) is 0 Å². The molecule has 4 nitrogen and oxygen atoms in total. The molecule has 0 aromatic heterocycles. The molecule has 0 aliphatic carbocycles. The van der Waals surface area contributed by atoms with E-state index in [-0.39, 0.29) is 17.1 Å². The van der Waals surface area contributed by atoms with Gasteiger partial charge in [-0.25, -0.2) is 0 Å². The molecule has 1 aromatic rings. The number of carbonyl (C=O) groups is 1. The summed E-state index contributed by atoms with van der Waals surface area (Å²) in [7, 11) is 0.530. The zero-order chi connectivity index (χ0) is 14.3. The molecule has 1 aromatic carbocycles. The van der Waals surface area contributed by atoms with E-state index in [9.17, 15) is 9.00 Å². The molecule has 3 unspecified atom stereocenters. The van der Waals surface area contributed by atoms with Crippen LogP contribution in [0.2, 0.25) is 0 Å². The first-order valence-corrected chi connectivity index (χ1v) is 7.84. The summed E-state index contributed by atoms with van der Waals surface area (Å²) in [4.78, 5) is 11.8. The third-order valence-electron chi connectivity index (χ3n) is 3.03. The van der Waals surface area contributed by atoms with Crippen molar-refractivity contribution in [2.75, 3.05) is 26.5 Å². The van der Waals surface area contributed by atoms with Crippen molar-refractivity contribution < 1.29 is 13.7 Å². The molecule has 19 heavy (non-hydrogen) atoms. The van der Waals surface area contributed by atoms with Crippen LogP contribution in [0.25, 0.3) is 0 Å². The Hall–Kier alpha value is -1.20. The summed E-state index contributed by atoms with van der Waals surface area (Å²) in [5, 5.41) is 3.25. The van der Waals surface area contributed by atoms with Crippen molar-refractivity contribution in [1.82, 2.24) is 5.32 Å². The fraction of sp³-hybridized carbons (Fsp3) is 0.500. The van der Waals surface area contributed by atoms with Crippen LogP contribution in [0.15, 0.2) is 30.3 Å². The van der Waals surface area contributed by atoms with Gasteiger partial charge in [0.25, 0.3) is 0 Å². The number of nitrogens with one attached hydrogen (secondary N) is 1. The maximum absolute atomic E-state index is 11.8. The Labute approximate surface area is 117 Å². The highest BCUT2D eigenvalue weighted by atomic mass is 32.2. The van der Waals surface area contributed by atoms with Crippen LogP contribution in [0, 0.1) is 0 Å². The fourth-order valence-electron chi connectivity index (χ4n) is 1.71. The quantitative estimate of drug-likeness (QED) is 0.766. The average molecular weight is 283 g/mol. The molecule has 3 atom stereocenters. The first-order chi connectivity index (χ1) is 9.06. The van der Waals surface area contributed by atoms with Gasteiger partial charge in [-0.05, 0) is 12.5 Å². The van der Waals surface area contributed by atoms with Gasteiger partial charge in [-0.2, -0.15) is 0 Å². The lowest BCUT2D eigenvalue weighted by molar-refractivity contribution is -0.142. The van der Waals surface area contributed by atoms with E-state index in [4.69, 9.17) is 4.74 Å². The zero-order valence-electron chi connectivity index (χ0n) is 11.6. The number of carbonyl (C=O) groups excluding carboxylic acids is 1. The third kappa shape index (κ3) is 5.12. The molecule has 106 valence electrons. The smallest absolute Gasteiger partial charge is 0.314 e. The molecule has 1 N–H and O–H groups in total. The lowest BCUT2D eigenvalue weighted by atomic mass is 9.99. The van der Waals surface area contributed by atoms with Crippen molar-refractivity contribution in [1.29, 1.82) is 0 Å². The van der Waals surface area contributed by atoms with Crippen LogP contribution in [-0.4, -0.2) is 41.9 Å². The maximum Gasteiger partial charge on any atom is 0.314 e. The van der Waals surface area contributed by atoms with Crippen molar-refractivity contribution in [3.05, 3.63) is 35.9 Å². The predicted molar refractivity (Wildman–Crippen MR) is 77.6 cm³/mol. The monoisotopic (exact) mass is 283 g/mol. The van der Waals surface area contributed by atoms with E-state index in [0.717, 1.165) is 5.56 Å². The van der Waals surface area contributed by atoms with Crippen LogP contribution in [0.4, 0.5) is 0 Å². The summed E-state index contributed by atoms with van der Waals surface area (Å²) in [6.45, 7) is 3.01. The van der Waals surface area contributed by atoms with Crippen LogP contribution >= 0.6 is 0 Å². The Balaban J connectivity index is 2.62. The summed E-state index contributed by atoms with van der Waals surface area (Å²) in [6, 6.07) is 9.52. The third-order valence-corrected chi connectivity index (χ3v) is 4.33. The molecule has 0 saturated carbocycles. The van der Waals surface area contributed by atoms with Gasteiger partial charge < -0.3 is 10.1 Å². The number of ether oxygens (including phenoxy) is 1. The van der Waals surface area contributed by atoms with E-state index in [1.54, 1.807) is 6.26 Å². The largest absolute Gasteiger partial charge is 0.469 e. The molecular weight excluding hydrogens is 262 g/mol. The van der Waals surface area contributed by atoms with E-state index in [1.807, 2.05) is 37.3 Å². The Morgan fingerprint density at radius 2 is 1.95 bits per heavy atom. The minimum atomic E-state index is -0.861. The van der Waals surface area contributed by atoms with Crippen LogP contribution in [0.5, 0.6) is 0 Å². The van der Waals surface area contributed by atoms with Crippen molar-refractivity contribution in [3.63, 3.8) is 0 Å². The Bertz CT molecular complexity index is 422. The van der Waals surface area contributed by atoms with Crippen LogP contribution in [-0.2, 0) is 20.3 Å². The summed E-state index contributed by atoms with van der Waals surface area (Å²) in [5.74, 6) is -0.590. The van der Waals surface area contributed by atoms with Gasteiger partial charge >= 0.3 is 5.97 Å². The minimum Gasteiger partial charge on any atom is -0.469 e. The molecule has 0 saturated heterocycles. The molecule has 0 heterocycles. The summed E-state index contributed by atoms with van der Waals surface area (Å²) in [5.41, 5.74) is 0.923. The van der Waals surface area contributed by atoms with Crippen LogP contribution < -0.4 is 5.32 Å². The Morgan fingerprint density at radius 3 is 2.47 bits per heavy atom. The number of benzene rings is 1. The summed E-state index contributed by atoms with van der Waals surface area (Å²) >= 11 is 0. The van der Waals surface area contributed by atoms with Gasteiger partial charge in [0.05, 0.1) is 13.0 Å². The van der Waals surface area contributed by atoms with Gasteiger partial charge in [0.1, 0.15) is 0 Å². The maximum atomic E-state index is 11.8. The molecule has 0 aliphatic heterocycles. The van der Waals surface area contributed by atoms with E-state index in [2.05, 4.69) is 5.32 Å². The van der Waals surface area contributed by atoms with Crippen LogP contribution in [0.3, 0.4) is 0 Å². The van der Waals surface area contributed by atoms with Crippen molar-refractivity contribution in [2.24, 2.45) is 0 Å². The normalized spacial score (nSPS) is 15.5. The lowest BCUT2D eigenvalue weighted by Gasteiger charge is -2.17. The van der Waals surface area contributed by atoms with E-state index in [1.165, 1.54) is 7.11 Å². The van der Waals surface area contributed by atoms with Crippen molar-refractivity contribution in [3.8, 4) is 0 Å². The van der Waals surface area contributed by atoms with E-state index >= 15 is 0 Å². The van der Waals surface area contributed by atoms with Crippen molar-refractivity contribution >= 4 is 16.8 Å². The highest BCUT2D eigenvalue weighted by Crippen LogP contribution is 2.16. The Kier molecular flexibility index (Phi) is 6.73. The zero-order valence-corrected chi connectivity index (χ0v) is 12.4. The second-order valence-corrected chi connectivity index (χ2v) is 6.26. The molecule has 0 amide bonds. The van der Waals surface area contributed by atoms with Gasteiger partial charge in [-0.3, -0.25) is 9.00 Å². The fourth-order valence-corrected chi connectivity index (χ4v) is 2.07. The number of hydrogen-bond acceptors (Lipinski definition) is 4. The van der Waals surface area contributed by atoms with Crippen molar-refractivity contribution in [2.45, 2.75) is 18.1 Å². The molecule has 1 rings (SSSR count). The first kappa shape index (κ1) is 15.9. The number of methoxy groups -OCH3 is 1. The highest BCUT2D eigenvalue weighted by molar-refractivity contribution is 7.84. The van der Waals surface area contributed by atoms with Gasteiger partial charge in [-0.1, -0.05) is 30.3 Å². The summed E-state index contributed by atoms with van der Waals surface area (Å²) in [6.07, 6.45) is 1.68. The van der Waals surface area contributed by atoms with Gasteiger partial charge in [0, 0.05) is 35.4 Å². The van der Waals surface area contributed by atoms with E-state index in [0.29, 0.717) is 13.1 Å². The molecule has 0 bridgehead atoms. The SMILES string of the molecule is COC(=O)C(CNCC(C)S(C)=O)c1ccccc1. The van der Waals surface area contributed by atoms with Gasteiger partial charge in [0.15, 0.2) is 0 Å². The molecular formula is C14H21NO3S. The molecule has 5 heteroatoms. The number of esters is 1. The number of rotatable bonds is 7. The molecule has 0 aliphatic rings. The second-order valence-electron chi connectivity index (χ2n) is 4.45. The lowest BCUT2D eigenvalue weighted by Crippen LogP contribution is -2.33. The predicted octanol–water partition coefficient (Wildman–Crippen LogP) is 1.30. The Morgan fingerprint density at radius 1 is 1.32 bits per heavy atom. The average Bonchev–Trinajstić information content (AvgIpc) is 2.43. The minimum absolute atomic E-state index is 0.0640. The van der Waals surface area contributed by atoms with E-state index < -0.39 is 10.8 Å². The molecule has 0 fully saturated rings. The van der Waals surface area contributed by atoms with Gasteiger partial charge in [-0.15, -0.1) is 0 Å². The standard InChI is InChI=1S/C14H21NO3S/c1-11(19(3)17)9-15-10-13(14(16)18-2)12-7-5-4-6-8-12/h4-8,11,13,15H,9-10H2,1-3H3. The molecule has 0 radical (unpaired) electrons. The highest BCUT2D eigenvalue weighted by Gasteiger charge is 2.21. The first-order valence-electron chi connectivity index (χ1n) is 6.22. The topological polar surface area (TPSA) is 55.4 Å². The number of hydrogen-bond donors (Lipinski definition) is 1. The molecule has 0 spiro atoms.